The fourth-order valence-corrected chi connectivity index (χ4v) is 2.36. The molecule has 0 radical (unpaired) electrons. The molecule has 0 saturated carbocycles. The summed E-state index contributed by atoms with van der Waals surface area (Å²) in [6.45, 7) is 0.667. The highest BCUT2D eigenvalue weighted by atomic mass is 127. The monoisotopic (exact) mass is 504 g/mol. The van der Waals surface area contributed by atoms with Crippen molar-refractivity contribution in [3.63, 3.8) is 0 Å². The van der Waals surface area contributed by atoms with E-state index in [1.807, 2.05) is 6.07 Å². The van der Waals surface area contributed by atoms with Gasteiger partial charge in [0, 0.05) is 20.1 Å². The maximum atomic E-state index is 13.6. The van der Waals surface area contributed by atoms with Gasteiger partial charge in [0.25, 0.3) is 5.91 Å². The Hall–Kier alpha value is -2.43. The molecule has 9 heteroatoms. The third kappa shape index (κ3) is 8.07. The van der Waals surface area contributed by atoms with Crippen LogP contribution in [0.15, 0.2) is 47.5 Å². The number of rotatable bonds is 8. The lowest BCUT2D eigenvalue weighted by Crippen LogP contribution is -2.37. The average molecular weight is 504 g/mol. The minimum absolute atomic E-state index is 0. The minimum Gasteiger partial charge on any atom is -0.484 e. The number of ether oxygens (including phenoxy) is 1. The molecule has 0 heterocycles. The Morgan fingerprint density at radius 1 is 1.18 bits per heavy atom. The van der Waals surface area contributed by atoms with E-state index in [2.05, 4.69) is 15.6 Å². The fraction of sp³-hybridized carbons (Fsp3) is 0.263. The van der Waals surface area contributed by atoms with Crippen LogP contribution in [0.25, 0.3) is 0 Å². The van der Waals surface area contributed by atoms with Gasteiger partial charge in [-0.3, -0.25) is 9.79 Å². The van der Waals surface area contributed by atoms with Crippen molar-refractivity contribution in [2.24, 2.45) is 10.7 Å². The standard InChI is InChI=1S/C19H22F2N4O2.HI/c1-23-19(24-8-7-14-10-15(20)5-6-17(14)21)25-11-13-3-2-4-16(9-13)27-12-18(22)26;/h2-6,9-10H,7-8,11-12H2,1H3,(H2,22,26)(H2,23,24,25);1H. The number of nitrogens with two attached hydrogens (primary N) is 1. The van der Waals surface area contributed by atoms with Gasteiger partial charge < -0.3 is 21.1 Å². The predicted octanol–water partition coefficient (Wildman–Crippen LogP) is 2.35. The van der Waals surface area contributed by atoms with Gasteiger partial charge in [-0.15, -0.1) is 24.0 Å². The highest BCUT2D eigenvalue weighted by molar-refractivity contribution is 14.0. The molecule has 1 amide bonds. The SMILES string of the molecule is CN=C(NCCc1cc(F)ccc1F)NCc1cccc(OCC(N)=O)c1.I. The highest BCUT2D eigenvalue weighted by Crippen LogP contribution is 2.13. The van der Waals surface area contributed by atoms with Crippen molar-refractivity contribution in [2.45, 2.75) is 13.0 Å². The zero-order valence-corrected chi connectivity index (χ0v) is 17.7. The van der Waals surface area contributed by atoms with E-state index in [0.29, 0.717) is 36.8 Å². The first-order valence-corrected chi connectivity index (χ1v) is 8.36. The summed E-state index contributed by atoms with van der Waals surface area (Å²) in [5.74, 6) is -0.382. The lowest BCUT2D eigenvalue weighted by atomic mass is 10.1. The van der Waals surface area contributed by atoms with Gasteiger partial charge in [0.2, 0.25) is 0 Å². The maximum Gasteiger partial charge on any atom is 0.255 e. The van der Waals surface area contributed by atoms with Gasteiger partial charge in [0.15, 0.2) is 12.6 Å². The lowest BCUT2D eigenvalue weighted by molar-refractivity contribution is -0.119. The van der Waals surface area contributed by atoms with E-state index >= 15 is 0 Å². The average Bonchev–Trinajstić information content (AvgIpc) is 2.66. The molecule has 2 aromatic rings. The first-order chi connectivity index (χ1) is 13.0. The smallest absolute Gasteiger partial charge is 0.255 e. The largest absolute Gasteiger partial charge is 0.484 e. The number of nitrogens with one attached hydrogen (secondary N) is 2. The van der Waals surface area contributed by atoms with Crippen LogP contribution >= 0.6 is 24.0 Å². The molecule has 0 spiro atoms. The molecule has 0 aliphatic carbocycles. The number of aliphatic imine (C=N–C) groups is 1. The number of amides is 1. The normalized spacial score (nSPS) is 10.8. The summed E-state index contributed by atoms with van der Waals surface area (Å²) in [6.07, 6.45) is 0.320. The summed E-state index contributed by atoms with van der Waals surface area (Å²) in [7, 11) is 1.62. The van der Waals surface area contributed by atoms with Gasteiger partial charge in [-0.2, -0.15) is 0 Å². The molecule has 0 aliphatic heterocycles. The molecular formula is C19H23F2IN4O2. The van der Waals surface area contributed by atoms with Gasteiger partial charge in [-0.05, 0) is 47.9 Å². The van der Waals surface area contributed by atoms with E-state index in [4.69, 9.17) is 10.5 Å². The first kappa shape index (κ1) is 23.6. The fourth-order valence-electron chi connectivity index (χ4n) is 2.36. The summed E-state index contributed by atoms with van der Waals surface area (Å²) in [4.78, 5) is 14.9. The number of guanidine groups is 1. The van der Waals surface area contributed by atoms with Gasteiger partial charge >= 0.3 is 0 Å². The molecule has 0 aliphatic rings. The quantitative estimate of drug-likeness (QED) is 0.293. The summed E-state index contributed by atoms with van der Waals surface area (Å²) in [6, 6.07) is 10.6. The van der Waals surface area contributed by atoms with Crippen molar-refractivity contribution in [1.82, 2.24) is 10.6 Å². The van der Waals surface area contributed by atoms with Gasteiger partial charge in [-0.25, -0.2) is 8.78 Å². The molecule has 0 bridgehead atoms. The van der Waals surface area contributed by atoms with Gasteiger partial charge in [-0.1, -0.05) is 12.1 Å². The van der Waals surface area contributed by atoms with Crippen molar-refractivity contribution in [3.8, 4) is 5.75 Å². The van der Waals surface area contributed by atoms with Crippen LogP contribution < -0.4 is 21.1 Å². The van der Waals surface area contributed by atoms with Crippen molar-refractivity contribution in [3.05, 3.63) is 65.2 Å². The Morgan fingerprint density at radius 3 is 2.68 bits per heavy atom. The van der Waals surface area contributed by atoms with E-state index in [0.717, 1.165) is 17.7 Å². The number of hydrogen-bond donors (Lipinski definition) is 3. The van der Waals surface area contributed by atoms with Crippen molar-refractivity contribution >= 4 is 35.8 Å². The van der Waals surface area contributed by atoms with Crippen molar-refractivity contribution in [1.29, 1.82) is 0 Å². The van der Waals surface area contributed by atoms with E-state index in [-0.39, 0.29) is 30.6 Å². The Bertz CT molecular complexity index is 818. The van der Waals surface area contributed by atoms with Gasteiger partial charge in [0.05, 0.1) is 0 Å². The lowest BCUT2D eigenvalue weighted by Gasteiger charge is -2.13. The number of halogens is 3. The van der Waals surface area contributed by atoms with Crippen LogP contribution in [0.4, 0.5) is 8.78 Å². The van der Waals surface area contributed by atoms with Crippen LogP contribution in [-0.2, 0) is 17.8 Å². The first-order valence-electron chi connectivity index (χ1n) is 8.36. The third-order valence-electron chi connectivity index (χ3n) is 3.66. The van der Waals surface area contributed by atoms with Crippen LogP contribution in [0, 0.1) is 11.6 Å². The molecule has 0 saturated heterocycles. The second-order valence-corrected chi connectivity index (χ2v) is 5.74. The second kappa shape index (κ2) is 12.1. The number of carbonyl (C=O) groups is 1. The topological polar surface area (TPSA) is 88.7 Å². The summed E-state index contributed by atoms with van der Waals surface area (Å²) < 4.78 is 32.1. The molecule has 28 heavy (non-hydrogen) atoms. The van der Waals surface area contributed by atoms with Crippen LogP contribution in [0.2, 0.25) is 0 Å². The van der Waals surface area contributed by atoms with Crippen molar-refractivity contribution < 1.29 is 18.3 Å². The minimum atomic E-state index is -0.544. The van der Waals surface area contributed by atoms with E-state index in [1.165, 1.54) is 6.07 Å². The third-order valence-corrected chi connectivity index (χ3v) is 3.66. The molecular weight excluding hydrogens is 481 g/mol. The van der Waals surface area contributed by atoms with Crippen LogP contribution in [0.3, 0.4) is 0 Å². The van der Waals surface area contributed by atoms with Crippen LogP contribution in [-0.4, -0.2) is 32.1 Å². The maximum absolute atomic E-state index is 13.6. The zero-order chi connectivity index (χ0) is 19.6. The van der Waals surface area contributed by atoms with E-state index < -0.39 is 17.5 Å². The molecule has 0 fully saturated rings. The summed E-state index contributed by atoms with van der Waals surface area (Å²) in [5, 5.41) is 6.16. The molecule has 0 atom stereocenters. The van der Waals surface area contributed by atoms with Gasteiger partial charge in [0.1, 0.15) is 17.4 Å². The molecule has 6 nitrogen and oxygen atoms in total. The Balaban J connectivity index is 0.00000392. The number of nitrogens with zero attached hydrogens (tertiary/aromatic N) is 1. The second-order valence-electron chi connectivity index (χ2n) is 5.74. The number of primary amides is 1. The Kier molecular flexibility index (Phi) is 10.2. The number of benzene rings is 2. The molecule has 152 valence electrons. The summed E-state index contributed by atoms with van der Waals surface area (Å²) >= 11 is 0. The molecule has 4 N–H and O–H groups in total. The molecule has 2 aromatic carbocycles. The van der Waals surface area contributed by atoms with Crippen LogP contribution in [0.5, 0.6) is 5.75 Å². The predicted molar refractivity (Wildman–Crippen MR) is 115 cm³/mol. The van der Waals surface area contributed by atoms with E-state index in [1.54, 1.807) is 25.2 Å². The molecule has 0 aromatic heterocycles. The van der Waals surface area contributed by atoms with Crippen LogP contribution in [0.1, 0.15) is 11.1 Å². The number of hydrogen-bond acceptors (Lipinski definition) is 3. The number of carbonyl (C=O) groups excluding carboxylic acids is 1. The Labute approximate surface area is 179 Å². The summed E-state index contributed by atoms with van der Waals surface area (Å²) in [5.41, 5.74) is 6.27. The Morgan fingerprint density at radius 2 is 1.96 bits per heavy atom. The van der Waals surface area contributed by atoms with Crippen molar-refractivity contribution in [2.75, 3.05) is 20.2 Å². The highest BCUT2D eigenvalue weighted by Gasteiger charge is 2.05. The zero-order valence-electron chi connectivity index (χ0n) is 15.4. The molecule has 2 rings (SSSR count). The van der Waals surface area contributed by atoms with E-state index in [9.17, 15) is 13.6 Å². The molecule has 0 unspecified atom stereocenters.